The van der Waals surface area contributed by atoms with Gasteiger partial charge in [0.1, 0.15) is 11.5 Å². The molecule has 0 spiro atoms. The molecule has 2 aromatic rings. The van der Waals surface area contributed by atoms with E-state index in [2.05, 4.69) is 20.1 Å². The number of anilines is 1. The number of nitro benzene ring substituents is 1. The lowest BCUT2D eigenvalue weighted by Gasteiger charge is -2.31. The highest BCUT2D eigenvalue weighted by atomic mass is 32.1. The zero-order valence-corrected chi connectivity index (χ0v) is 16.2. The minimum absolute atomic E-state index is 0.0307. The number of rotatable bonds is 6. The second-order valence-electron chi connectivity index (χ2n) is 7.27. The van der Waals surface area contributed by atoms with Gasteiger partial charge in [0, 0.05) is 31.1 Å². The molecule has 0 atom stereocenters. The van der Waals surface area contributed by atoms with Crippen LogP contribution in [0.25, 0.3) is 0 Å². The summed E-state index contributed by atoms with van der Waals surface area (Å²) in [7, 11) is 0. The zero-order chi connectivity index (χ0) is 19.7. The van der Waals surface area contributed by atoms with Crippen LogP contribution in [-0.4, -0.2) is 50.1 Å². The molecular weight excluding hydrogens is 380 g/mol. The molecule has 1 saturated heterocycles. The number of benzene rings is 1. The smallest absolute Gasteiger partial charge is 0.292 e. The zero-order valence-electron chi connectivity index (χ0n) is 15.3. The average molecular weight is 402 g/mol. The van der Waals surface area contributed by atoms with Gasteiger partial charge in [-0.3, -0.25) is 20.0 Å². The predicted molar refractivity (Wildman–Crippen MR) is 106 cm³/mol. The van der Waals surface area contributed by atoms with Crippen LogP contribution in [0.15, 0.2) is 24.3 Å². The summed E-state index contributed by atoms with van der Waals surface area (Å²) >= 11 is 5.36. The topological polar surface area (TPSA) is 109 Å². The molecule has 148 valence electrons. The lowest BCUT2D eigenvalue weighted by Crippen LogP contribution is -2.41. The number of para-hydroxylation sites is 2. The van der Waals surface area contributed by atoms with Gasteiger partial charge in [0.25, 0.3) is 5.69 Å². The van der Waals surface area contributed by atoms with Crippen molar-refractivity contribution < 1.29 is 9.72 Å². The van der Waals surface area contributed by atoms with E-state index in [1.165, 1.54) is 6.07 Å². The fourth-order valence-corrected chi connectivity index (χ4v) is 4.03. The lowest BCUT2D eigenvalue weighted by atomic mass is 9.95. The maximum Gasteiger partial charge on any atom is 0.292 e. The quantitative estimate of drug-likeness (QED) is 0.437. The van der Waals surface area contributed by atoms with E-state index in [-0.39, 0.29) is 18.1 Å². The first kappa shape index (κ1) is 18.6. The highest BCUT2D eigenvalue weighted by Crippen LogP contribution is 2.39. The summed E-state index contributed by atoms with van der Waals surface area (Å²) in [6.45, 7) is 1.33. The molecule has 0 bridgehead atoms. The summed E-state index contributed by atoms with van der Waals surface area (Å²) in [4.78, 5) is 25.0. The Kier molecular flexibility index (Phi) is 5.12. The van der Waals surface area contributed by atoms with Gasteiger partial charge in [0.2, 0.25) is 5.91 Å². The molecule has 9 nitrogen and oxygen atoms in total. The molecule has 0 unspecified atom stereocenters. The van der Waals surface area contributed by atoms with E-state index in [0.717, 1.165) is 31.5 Å². The number of nitrogens with one attached hydrogen (secondary N) is 2. The Balaban J connectivity index is 1.34. The predicted octanol–water partition coefficient (Wildman–Crippen LogP) is 3.00. The van der Waals surface area contributed by atoms with Crippen molar-refractivity contribution in [1.82, 2.24) is 19.7 Å². The molecule has 4 rings (SSSR count). The van der Waals surface area contributed by atoms with Gasteiger partial charge in [-0.25, -0.2) is 0 Å². The number of hydrogen-bond acceptors (Lipinski definition) is 6. The second kappa shape index (κ2) is 7.70. The van der Waals surface area contributed by atoms with E-state index in [1.54, 1.807) is 23.1 Å². The molecule has 0 radical (unpaired) electrons. The minimum Gasteiger partial charge on any atom is -0.371 e. The van der Waals surface area contributed by atoms with Crippen LogP contribution in [-0.2, 0) is 4.79 Å². The molecule has 1 aliphatic carbocycles. The molecule has 1 aliphatic heterocycles. The van der Waals surface area contributed by atoms with Gasteiger partial charge < -0.3 is 14.8 Å². The highest BCUT2D eigenvalue weighted by molar-refractivity contribution is 7.71. The first-order valence-electron chi connectivity index (χ1n) is 9.46. The van der Waals surface area contributed by atoms with Crippen LogP contribution in [0, 0.1) is 14.9 Å². The van der Waals surface area contributed by atoms with Gasteiger partial charge >= 0.3 is 0 Å². The van der Waals surface area contributed by atoms with E-state index in [0.29, 0.717) is 35.5 Å². The Morgan fingerprint density at radius 1 is 1.29 bits per heavy atom. The fraction of sp³-hybridized carbons (Fsp3) is 0.500. The van der Waals surface area contributed by atoms with Crippen molar-refractivity contribution in [2.24, 2.45) is 0 Å². The summed E-state index contributed by atoms with van der Waals surface area (Å²) < 4.78 is 2.83. The van der Waals surface area contributed by atoms with E-state index in [1.807, 2.05) is 0 Å². The van der Waals surface area contributed by atoms with Gasteiger partial charge in [-0.2, -0.15) is 5.10 Å². The van der Waals surface area contributed by atoms with Crippen LogP contribution >= 0.6 is 12.2 Å². The number of nitro groups is 1. The van der Waals surface area contributed by atoms with Crippen molar-refractivity contribution in [2.75, 3.05) is 25.0 Å². The van der Waals surface area contributed by atoms with Crippen LogP contribution in [0.5, 0.6) is 0 Å². The van der Waals surface area contributed by atoms with Crippen LogP contribution in [0.3, 0.4) is 0 Å². The molecule has 1 saturated carbocycles. The maximum atomic E-state index is 12.5. The van der Waals surface area contributed by atoms with Crippen LogP contribution < -0.4 is 5.32 Å². The Morgan fingerprint density at radius 3 is 2.68 bits per heavy atom. The molecule has 1 amide bonds. The molecule has 28 heavy (non-hydrogen) atoms. The van der Waals surface area contributed by atoms with Gasteiger partial charge in [-0.15, -0.1) is 0 Å². The molecule has 1 aromatic heterocycles. The number of amides is 1. The van der Waals surface area contributed by atoms with E-state index < -0.39 is 4.92 Å². The van der Waals surface area contributed by atoms with Crippen molar-refractivity contribution in [1.29, 1.82) is 0 Å². The number of piperidine rings is 1. The SMILES string of the molecule is O=C(CNc1ccccc1[N+](=O)[O-])N1CCC(c2n[nH]c(=S)n2C2CC2)CC1. The number of aromatic amines is 1. The largest absolute Gasteiger partial charge is 0.371 e. The van der Waals surface area contributed by atoms with Crippen molar-refractivity contribution in [2.45, 2.75) is 37.6 Å². The fourth-order valence-electron chi connectivity index (χ4n) is 3.74. The second-order valence-corrected chi connectivity index (χ2v) is 7.66. The Bertz CT molecular complexity index is 943. The third-order valence-corrected chi connectivity index (χ3v) is 5.68. The summed E-state index contributed by atoms with van der Waals surface area (Å²) in [6, 6.07) is 6.82. The highest BCUT2D eigenvalue weighted by Gasteiger charge is 2.32. The number of carbonyl (C=O) groups is 1. The molecule has 1 aromatic carbocycles. The molecule has 2 N–H and O–H groups in total. The first-order valence-corrected chi connectivity index (χ1v) is 9.87. The van der Waals surface area contributed by atoms with Crippen LogP contribution in [0.1, 0.15) is 43.5 Å². The Hall–Kier alpha value is -2.75. The van der Waals surface area contributed by atoms with Crippen molar-refractivity contribution in [3.8, 4) is 0 Å². The third-order valence-electron chi connectivity index (χ3n) is 5.39. The normalized spacial score (nSPS) is 17.5. The molecular formula is C18H22N6O3S. The number of likely N-dealkylation sites (tertiary alicyclic amines) is 1. The van der Waals surface area contributed by atoms with Gasteiger partial charge in [-0.1, -0.05) is 12.1 Å². The first-order chi connectivity index (χ1) is 13.5. The number of hydrogen-bond donors (Lipinski definition) is 2. The van der Waals surface area contributed by atoms with Crippen molar-refractivity contribution in [3.05, 3.63) is 45.0 Å². The van der Waals surface area contributed by atoms with Gasteiger partial charge in [0.15, 0.2) is 4.77 Å². The summed E-state index contributed by atoms with van der Waals surface area (Å²) in [5.74, 6) is 1.25. The minimum atomic E-state index is -0.454. The van der Waals surface area contributed by atoms with E-state index in [4.69, 9.17) is 12.2 Å². The molecule has 2 fully saturated rings. The summed E-state index contributed by atoms with van der Waals surface area (Å²) in [5, 5.41) is 21.3. The number of carbonyl (C=O) groups excluding carboxylic acids is 1. The average Bonchev–Trinajstić information content (AvgIpc) is 3.47. The number of H-pyrrole nitrogens is 1. The monoisotopic (exact) mass is 402 g/mol. The molecule has 10 heteroatoms. The van der Waals surface area contributed by atoms with Crippen molar-refractivity contribution in [3.63, 3.8) is 0 Å². The third kappa shape index (κ3) is 3.77. The van der Waals surface area contributed by atoms with Gasteiger partial charge in [-0.05, 0) is 44.0 Å². The van der Waals surface area contributed by atoms with Crippen LogP contribution in [0.4, 0.5) is 11.4 Å². The van der Waals surface area contributed by atoms with Gasteiger partial charge in [0.05, 0.1) is 11.5 Å². The number of nitrogens with zero attached hydrogens (tertiary/aromatic N) is 4. The summed E-state index contributed by atoms with van der Waals surface area (Å²) in [6.07, 6.45) is 3.97. The number of aromatic nitrogens is 3. The molecule has 2 aliphatic rings. The Morgan fingerprint density at radius 2 is 2.00 bits per heavy atom. The van der Waals surface area contributed by atoms with E-state index in [9.17, 15) is 14.9 Å². The van der Waals surface area contributed by atoms with Crippen LogP contribution in [0.2, 0.25) is 0 Å². The molecule has 2 heterocycles. The Labute approximate surface area is 166 Å². The van der Waals surface area contributed by atoms with Crippen molar-refractivity contribution >= 4 is 29.5 Å². The maximum absolute atomic E-state index is 12.5. The standard InChI is InChI=1S/C18H22N6O3S/c25-16(11-19-14-3-1-2-4-15(14)24(26)27)22-9-7-12(8-10-22)17-20-21-18(28)23(17)13-5-6-13/h1-4,12-13,19H,5-11H2,(H,21,28). The lowest BCUT2D eigenvalue weighted by molar-refractivity contribution is -0.383. The summed E-state index contributed by atoms with van der Waals surface area (Å²) in [5.41, 5.74) is 0.326. The van der Waals surface area contributed by atoms with E-state index >= 15 is 0 Å².